The summed E-state index contributed by atoms with van der Waals surface area (Å²) in [5.41, 5.74) is 0.858. The number of piperidine rings is 1. The van der Waals surface area contributed by atoms with E-state index in [0.717, 1.165) is 87.2 Å². The molecule has 2 saturated heterocycles. The molecule has 7 heteroatoms. The monoisotopic (exact) mass is 437 g/mol. The van der Waals surface area contributed by atoms with Crippen molar-refractivity contribution >= 4 is 27.7 Å². The van der Waals surface area contributed by atoms with Gasteiger partial charge in [-0.2, -0.15) is 0 Å². The molecule has 2 fully saturated rings. The van der Waals surface area contributed by atoms with Gasteiger partial charge in [0.25, 0.3) is 0 Å². The number of hydrogen-bond donors (Lipinski definition) is 1. The molecule has 3 aliphatic rings. The second-order valence-electron chi connectivity index (χ2n) is 7.93. The number of rotatable bonds is 5. The summed E-state index contributed by atoms with van der Waals surface area (Å²) in [7, 11) is 0. The Morgan fingerprint density at radius 3 is 3.00 bits per heavy atom. The molecule has 1 aromatic rings. The predicted octanol–water partition coefficient (Wildman–Crippen LogP) is 3.35. The molecule has 148 valence electrons. The number of amides is 1. The zero-order chi connectivity index (χ0) is 18.7. The molecule has 0 aromatic carbocycles. The molecule has 6 nitrogen and oxygen atoms in total. The molecular formula is C20H28BrN3O3. The molecule has 0 radical (unpaired) electrons. The highest BCUT2D eigenvalue weighted by molar-refractivity contribution is 9.10. The molecule has 0 bridgehead atoms. The van der Waals surface area contributed by atoms with Crippen LogP contribution >= 0.6 is 15.9 Å². The summed E-state index contributed by atoms with van der Waals surface area (Å²) in [6.07, 6.45) is 8.72. The number of anilines is 1. The van der Waals surface area contributed by atoms with Gasteiger partial charge in [0.05, 0.1) is 12.0 Å². The Morgan fingerprint density at radius 2 is 2.22 bits per heavy atom. The van der Waals surface area contributed by atoms with Crippen LogP contribution in [0.25, 0.3) is 0 Å². The second kappa shape index (κ2) is 8.55. The van der Waals surface area contributed by atoms with Crippen molar-refractivity contribution in [3.63, 3.8) is 0 Å². The Morgan fingerprint density at radius 1 is 1.37 bits per heavy atom. The number of halogens is 1. The number of ether oxygens (including phenoxy) is 2. The first kappa shape index (κ1) is 19.3. The van der Waals surface area contributed by atoms with Crippen LogP contribution in [0.5, 0.6) is 0 Å². The van der Waals surface area contributed by atoms with E-state index in [9.17, 15) is 4.79 Å². The minimum absolute atomic E-state index is 0.00214. The van der Waals surface area contributed by atoms with Crippen LogP contribution in [0.2, 0.25) is 0 Å². The van der Waals surface area contributed by atoms with E-state index in [0.29, 0.717) is 0 Å². The lowest BCUT2D eigenvalue weighted by Crippen LogP contribution is -2.50. The first-order valence-electron chi connectivity index (χ1n) is 10.1. The Balaban J connectivity index is 1.24. The highest BCUT2D eigenvalue weighted by atomic mass is 79.9. The largest absolute Gasteiger partial charge is 0.353 e. The van der Waals surface area contributed by atoms with Crippen LogP contribution in [0.15, 0.2) is 16.7 Å². The Kier molecular flexibility index (Phi) is 6.12. The fraction of sp³-hybridized carbons (Fsp3) is 0.700. The number of nitrogens with one attached hydrogen (secondary N) is 1. The van der Waals surface area contributed by atoms with Crippen molar-refractivity contribution in [3.8, 4) is 0 Å². The summed E-state index contributed by atoms with van der Waals surface area (Å²) in [6.45, 7) is 4.53. The topological polar surface area (TPSA) is 63.7 Å². The van der Waals surface area contributed by atoms with E-state index in [1.807, 2.05) is 0 Å². The van der Waals surface area contributed by atoms with Crippen LogP contribution in [0.4, 0.5) is 5.82 Å². The standard InChI is InChI=1S/C20H28BrN3O3/c21-16-12-15-13-20(19(25)23-18(15)22-14-16)5-8-24(9-6-20)7-3-11-27-17-4-1-2-10-26-17/h12,14,17H,1-11,13H2,(H,22,23,25). The van der Waals surface area contributed by atoms with E-state index in [-0.39, 0.29) is 17.6 Å². The average molecular weight is 438 g/mol. The number of fused-ring (bicyclic) bond motifs is 1. The summed E-state index contributed by atoms with van der Waals surface area (Å²) in [5.74, 6) is 0.862. The number of likely N-dealkylation sites (tertiary alicyclic amines) is 1. The number of aromatic nitrogens is 1. The minimum Gasteiger partial charge on any atom is -0.353 e. The third kappa shape index (κ3) is 4.53. The lowest BCUT2D eigenvalue weighted by Gasteiger charge is -2.43. The van der Waals surface area contributed by atoms with Crippen LogP contribution in [-0.2, 0) is 20.7 Å². The van der Waals surface area contributed by atoms with Crippen LogP contribution < -0.4 is 5.32 Å². The van der Waals surface area contributed by atoms with Crippen molar-refractivity contribution in [1.29, 1.82) is 0 Å². The van der Waals surface area contributed by atoms with Crippen LogP contribution in [-0.4, -0.2) is 54.9 Å². The Bertz CT molecular complexity index is 670. The van der Waals surface area contributed by atoms with Crippen LogP contribution in [0.1, 0.15) is 44.1 Å². The van der Waals surface area contributed by atoms with Gasteiger partial charge in [-0.3, -0.25) is 4.79 Å². The number of hydrogen-bond acceptors (Lipinski definition) is 5. The van der Waals surface area contributed by atoms with E-state index in [1.165, 1.54) is 6.42 Å². The summed E-state index contributed by atoms with van der Waals surface area (Å²) >= 11 is 3.49. The van der Waals surface area contributed by atoms with Crippen molar-refractivity contribution in [2.45, 2.75) is 51.2 Å². The molecule has 0 saturated carbocycles. The maximum absolute atomic E-state index is 12.7. The van der Waals surface area contributed by atoms with Crippen molar-refractivity contribution in [3.05, 3.63) is 22.3 Å². The molecule has 1 spiro atoms. The van der Waals surface area contributed by atoms with E-state index in [4.69, 9.17) is 9.47 Å². The van der Waals surface area contributed by atoms with Gasteiger partial charge in [-0.25, -0.2) is 4.98 Å². The Labute approximate surface area is 169 Å². The van der Waals surface area contributed by atoms with Crippen molar-refractivity contribution < 1.29 is 14.3 Å². The third-order valence-corrected chi connectivity index (χ3v) is 6.48. The van der Waals surface area contributed by atoms with Gasteiger partial charge < -0.3 is 19.7 Å². The van der Waals surface area contributed by atoms with Gasteiger partial charge in [0.1, 0.15) is 5.82 Å². The van der Waals surface area contributed by atoms with Gasteiger partial charge in [-0.05, 0) is 85.6 Å². The lowest BCUT2D eigenvalue weighted by molar-refractivity contribution is -0.163. The fourth-order valence-electron chi connectivity index (χ4n) is 4.37. The number of carbonyl (C=O) groups excluding carboxylic acids is 1. The predicted molar refractivity (Wildman–Crippen MR) is 107 cm³/mol. The zero-order valence-corrected chi connectivity index (χ0v) is 17.3. The lowest BCUT2D eigenvalue weighted by atomic mass is 9.71. The first-order valence-corrected chi connectivity index (χ1v) is 10.9. The van der Waals surface area contributed by atoms with Crippen LogP contribution in [0, 0.1) is 5.41 Å². The molecule has 1 aromatic heterocycles. The van der Waals surface area contributed by atoms with E-state index >= 15 is 0 Å². The highest BCUT2D eigenvalue weighted by Crippen LogP contribution is 2.41. The van der Waals surface area contributed by atoms with Gasteiger partial charge in [0.2, 0.25) is 5.91 Å². The number of nitrogens with zero attached hydrogens (tertiary/aromatic N) is 2. The van der Waals surface area contributed by atoms with E-state index in [1.54, 1.807) is 6.20 Å². The first-order chi connectivity index (χ1) is 13.1. The maximum atomic E-state index is 12.7. The summed E-state index contributed by atoms with van der Waals surface area (Å²) in [6, 6.07) is 2.08. The van der Waals surface area contributed by atoms with Crippen molar-refractivity contribution in [2.24, 2.45) is 5.41 Å². The third-order valence-electron chi connectivity index (χ3n) is 6.05. The van der Waals surface area contributed by atoms with Gasteiger partial charge in [-0.15, -0.1) is 0 Å². The fourth-order valence-corrected chi connectivity index (χ4v) is 4.75. The van der Waals surface area contributed by atoms with Gasteiger partial charge in [-0.1, -0.05) is 0 Å². The van der Waals surface area contributed by atoms with Crippen LogP contribution in [0.3, 0.4) is 0 Å². The molecule has 1 unspecified atom stereocenters. The molecule has 1 N–H and O–H groups in total. The molecule has 0 aliphatic carbocycles. The molecule has 3 aliphatic heterocycles. The normalized spacial score (nSPS) is 25.2. The van der Waals surface area contributed by atoms with Gasteiger partial charge >= 0.3 is 0 Å². The summed E-state index contributed by atoms with van der Waals surface area (Å²) in [5, 5.41) is 3.03. The molecule has 4 heterocycles. The molecule has 4 rings (SSSR count). The quantitative estimate of drug-likeness (QED) is 0.715. The Hall–Kier alpha value is -1.02. The molecule has 1 amide bonds. The van der Waals surface area contributed by atoms with Gasteiger partial charge in [0.15, 0.2) is 6.29 Å². The second-order valence-corrected chi connectivity index (χ2v) is 8.85. The molecular weight excluding hydrogens is 410 g/mol. The summed E-state index contributed by atoms with van der Waals surface area (Å²) in [4.78, 5) is 19.5. The van der Waals surface area contributed by atoms with Crippen molar-refractivity contribution in [1.82, 2.24) is 9.88 Å². The average Bonchev–Trinajstić information content (AvgIpc) is 2.69. The number of pyridine rings is 1. The number of carbonyl (C=O) groups is 1. The SMILES string of the molecule is O=C1Nc2ncc(Br)cc2CC12CCN(CCCOC1CCCCO1)CC2. The van der Waals surface area contributed by atoms with Gasteiger partial charge in [0, 0.05) is 23.8 Å². The maximum Gasteiger partial charge on any atom is 0.232 e. The van der Waals surface area contributed by atoms with Crippen molar-refractivity contribution in [2.75, 3.05) is 38.2 Å². The highest BCUT2D eigenvalue weighted by Gasteiger charge is 2.44. The minimum atomic E-state index is -0.279. The van der Waals surface area contributed by atoms with E-state index < -0.39 is 0 Å². The molecule has 27 heavy (non-hydrogen) atoms. The summed E-state index contributed by atoms with van der Waals surface area (Å²) < 4.78 is 12.4. The smallest absolute Gasteiger partial charge is 0.232 e. The molecule has 1 atom stereocenters. The zero-order valence-electron chi connectivity index (χ0n) is 15.7. The van der Waals surface area contributed by atoms with E-state index in [2.05, 4.69) is 37.2 Å².